The van der Waals surface area contributed by atoms with Crippen LogP contribution in [0.5, 0.6) is 0 Å². The molecule has 25 heavy (non-hydrogen) atoms. The molecule has 3 rings (SSSR count). The fourth-order valence-corrected chi connectivity index (χ4v) is 5.66. The molecule has 3 heterocycles. The molecule has 3 aliphatic heterocycles. The van der Waals surface area contributed by atoms with Crippen molar-refractivity contribution in [3.05, 3.63) is 0 Å². The molecule has 7 heteroatoms. The quantitative estimate of drug-likeness (QED) is 0.528. The number of rotatable bonds is 7. The molecule has 0 aromatic rings. The third kappa shape index (κ3) is 5.03. The molecule has 0 saturated carbocycles. The van der Waals surface area contributed by atoms with Crippen LogP contribution in [0, 0.1) is 5.92 Å². The van der Waals surface area contributed by atoms with Gasteiger partial charge in [0.1, 0.15) is 0 Å². The van der Waals surface area contributed by atoms with E-state index in [1.54, 1.807) is 0 Å². The Morgan fingerprint density at radius 1 is 1.20 bits per heavy atom. The summed E-state index contributed by atoms with van der Waals surface area (Å²) < 4.78 is 0. The molecule has 0 aliphatic carbocycles. The zero-order valence-corrected chi connectivity index (χ0v) is 16.3. The Kier molecular flexibility index (Phi) is 6.49. The van der Waals surface area contributed by atoms with Gasteiger partial charge in [0.25, 0.3) is 0 Å². The number of hydrogen-bond donors (Lipinski definition) is 2. The molecule has 3 amide bonds. The number of nitrogens with zero attached hydrogens (tertiary/aromatic N) is 2. The van der Waals surface area contributed by atoms with Gasteiger partial charge in [0.05, 0.1) is 12.1 Å². The molecule has 142 valence electrons. The Labute approximate surface area is 155 Å². The van der Waals surface area contributed by atoms with Gasteiger partial charge in [-0.1, -0.05) is 20.3 Å². The second-order valence-electron chi connectivity index (χ2n) is 7.94. The zero-order valence-electron chi connectivity index (χ0n) is 15.5. The van der Waals surface area contributed by atoms with Gasteiger partial charge in [-0.25, -0.2) is 4.79 Å². The van der Waals surface area contributed by atoms with Gasteiger partial charge in [-0.15, -0.1) is 0 Å². The first-order valence-electron chi connectivity index (χ1n) is 9.71. The fraction of sp³-hybridized carbons (Fsp3) is 0.889. The Hall–Kier alpha value is -0.950. The number of carbonyl (C=O) groups excluding carboxylic acids is 2. The highest BCUT2D eigenvalue weighted by Crippen LogP contribution is 2.33. The topological polar surface area (TPSA) is 64.7 Å². The molecule has 3 saturated heterocycles. The molecule has 0 spiro atoms. The first-order chi connectivity index (χ1) is 12.0. The van der Waals surface area contributed by atoms with E-state index in [1.807, 2.05) is 16.7 Å². The van der Waals surface area contributed by atoms with Crippen LogP contribution in [0.25, 0.3) is 0 Å². The maximum atomic E-state index is 12.4. The van der Waals surface area contributed by atoms with Crippen LogP contribution in [-0.2, 0) is 4.79 Å². The predicted octanol–water partition coefficient (Wildman–Crippen LogP) is 1.51. The molecule has 0 aromatic heterocycles. The first kappa shape index (κ1) is 18.8. The predicted molar refractivity (Wildman–Crippen MR) is 102 cm³/mol. The molecular formula is C18H32N4O2S. The number of carbonyl (C=O) groups is 2. The van der Waals surface area contributed by atoms with Crippen molar-refractivity contribution in [1.82, 2.24) is 20.4 Å². The molecule has 3 unspecified atom stereocenters. The minimum atomic E-state index is -0.0212. The number of hydrogen-bond acceptors (Lipinski definition) is 4. The lowest BCUT2D eigenvalue weighted by Crippen LogP contribution is -2.49. The lowest BCUT2D eigenvalue weighted by atomic mass is 10.0. The van der Waals surface area contributed by atoms with Crippen molar-refractivity contribution in [2.24, 2.45) is 5.92 Å². The van der Waals surface area contributed by atoms with E-state index in [1.165, 1.54) is 0 Å². The van der Waals surface area contributed by atoms with Crippen molar-refractivity contribution in [3.63, 3.8) is 0 Å². The van der Waals surface area contributed by atoms with E-state index in [4.69, 9.17) is 0 Å². The summed E-state index contributed by atoms with van der Waals surface area (Å²) in [6.07, 6.45) is 3.78. The average Bonchev–Trinajstić information content (AvgIpc) is 3.11. The lowest BCUT2D eigenvalue weighted by Gasteiger charge is -2.35. The largest absolute Gasteiger partial charge is 0.340 e. The van der Waals surface area contributed by atoms with Crippen LogP contribution in [-0.4, -0.2) is 77.5 Å². The van der Waals surface area contributed by atoms with Gasteiger partial charge in [-0.3, -0.25) is 9.69 Å². The highest BCUT2D eigenvalue weighted by molar-refractivity contribution is 8.00. The Bertz CT molecular complexity index is 480. The van der Waals surface area contributed by atoms with Crippen LogP contribution in [0.2, 0.25) is 0 Å². The maximum absolute atomic E-state index is 12.4. The molecule has 0 aromatic carbocycles. The van der Waals surface area contributed by atoms with Crippen molar-refractivity contribution in [2.75, 3.05) is 38.5 Å². The Morgan fingerprint density at radius 3 is 2.68 bits per heavy atom. The van der Waals surface area contributed by atoms with Gasteiger partial charge in [0.15, 0.2) is 0 Å². The Balaban J connectivity index is 1.29. The van der Waals surface area contributed by atoms with Crippen molar-refractivity contribution in [3.8, 4) is 0 Å². The molecule has 2 N–H and O–H groups in total. The highest BCUT2D eigenvalue weighted by atomic mass is 32.2. The van der Waals surface area contributed by atoms with Gasteiger partial charge in [-0.05, 0) is 18.8 Å². The van der Waals surface area contributed by atoms with E-state index in [9.17, 15) is 9.59 Å². The number of nitrogens with one attached hydrogen (secondary N) is 2. The van der Waals surface area contributed by atoms with E-state index in [-0.39, 0.29) is 12.1 Å². The number of amides is 3. The van der Waals surface area contributed by atoms with Gasteiger partial charge in [-0.2, -0.15) is 11.8 Å². The number of urea groups is 1. The lowest BCUT2D eigenvalue weighted by molar-refractivity contribution is -0.133. The van der Waals surface area contributed by atoms with Crippen LogP contribution < -0.4 is 10.6 Å². The second kappa shape index (κ2) is 8.62. The normalized spacial score (nSPS) is 29.6. The summed E-state index contributed by atoms with van der Waals surface area (Å²) in [6.45, 7) is 9.41. The molecule has 0 radical (unpaired) electrons. The summed E-state index contributed by atoms with van der Waals surface area (Å²) in [4.78, 5) is 28.3. The van der Waals surface area contributed by atoms with E-state index >= 15 is 0 Å². The molecule has 3 atom stereocenters. The van der Waals surface area contributed by atoms with E-state index in [2.05, 4.69) is 29.4 Å². The maximum Gasteiger partial charge on any atom is 0.315 e. The van der Waals surface area contributed by atoms with Crippen LogP contribution in [0.3, 0.4) is 0 Å². The minimum Gasteiger partial charge on any atom is -0.340 e. The van der Waals surface area contributed by atoms with Gasteiger partial charge >= 0.3 is 6.03 Å². The second-order valence-corrected chi connectivity index (χ2v) is 9.22. The Morgan fingerprint density at radius 2 is 1.96 bits per heavy atom. The summed E-state index contributed by atoms with van der Waals surface area (Å²) in [7, 11) is 0. The van der Waals surface area contributed by atoms with E-state index < -0.39 is 0 Å². The van der Waals surface area contributed by atoms with Crippen molar-refractivity contribution in [2.45, 2.75) is 56.9 Å². The summed E-state index contributed by atoms with van der Waals surface area (Å²) in [5.74, 6) is 2.01. The van der Waals surface area contributed by atoms with Gasteiger partial charge in [0.2, 0.25) is 5.91 Å². The molecule has 0 bridgehead atoms. The summed E-state index contributed by atoms with van der Waals surface area (Å²) in [6, 6.07) is 0.556. The van der Waals surface area contributed by atoms with Crippen LogP contribution in [0.15, 0.2) is 0 Å². The van der Waals surface area contributed by atoms with Gasteiger partial charge < -0.3 is 15.5 Å². The molecule has 3 fully saturated rings. The number of thioether (sulfide) groups is 1. The number of unbranched alkanes of at least 4 members (excludes halogenated alkanes) is 1. The third-order valence-corrected chi connectivity index (χ3v) is 6.92. The van der Waals surface area contributed by atoms with E-state index in [0.29, 0.717) is 29.5 Å². The molecule has 6 nitrogen and oxygen atoms in total. The summed E-state index contributed by atoms with van der Waals surface area (Å²) >= 11 is 1.95. The molecular weight excluding hydrogens is 336 g/mol. The summed E-state index contributed by atoms with van der Waals surface area (Å²) in [5.41, 5.74) is 0. The van der Waals surface area contributed by atoms with Crippen molar-refractivity contribution in [1.29, 1.82) is 0 Å². The standard InChI is InChI=1S/C18H32N4O2S/c1-13(2)11-21-7-9-22(10-8-21)16(23)6-4-3-5-15-17-14(12-25-15)19-18(24)20-17/h13-15,17H,3-12H2,1-2H3,(H2,19,20,24). The minimum absolute atomic E-state index is 0.0212. The van der Waals surface area contributed by atoms with Crippen LogP contribution in [0.1, 0.15) is 39.5 Å². The van der Waals surface area contributed by atoms with Gasteiger partial charge in [0, 0.05) is 50.1 Å². The zero-order chi connectivity index (χ0) is 17.8. The van der Waals surface area contributed by atoms with Crippen LogP contribution >= 0.6 is 11.8 Å². The third-order valence-electron chi connectivity index (χ3n) is 5.42. The molecule has 3 aliphatic rings. The first-order valence-corrected chi connectivity index (χ1v) is 10.8. The van der Waals surface area contributed by atoms with Crippen LogP contribution in [0.4, 0.5) is 4.79 Å². The highest BCUT2D eigenvalue weighted by Gasteiger charge is 2.42. The average molecular weight is 369 g/mol. The smallest absolute Gasteiger partial charge is 0.315 e. The summed E-state index contributed by atoms with van der Waals surface area (Å²) in [5, 5.41) is 6.51. The SMILES string of the molecule is CC(C)CN1CCN(C(=O)CCCCC2SCC3NC(=O)NC32)CC1. The number of fused-ring (bicyclic) bond motifs is 1. The van der Waals surface area contributed by atoms with Crippen molar-refractivity contribution < 1.29 is 9.59 Å². The monoisotopic (exact) mass is 368 g/mol. The van der Waals surface area contributed by atoms with E-state index in [0.717, 1.165) is 57.7 Å². The number of piperazine rings is 1. The van der Waals surface area contributed by atoms with Crippen molar-refractivity contribution >= 4 is 23.7 Å². The fourth-order valence-electron chi connectivity index (χ4n) is 4.12.